The van der Waals surface area contributed by atoms with Crippen LogP contribution >= 0.6 is 22.9 Å². The van der Waals surface area contributed by atoms with E-state index >= 15 is 0 Å². The van der Waals surface area contributed by atoms with Crippen LogP contribution in [0.1, 0.15) is 16.9 Å². The molecule has 42 heavy (non-hydrogen) atoms. The average molecular weight is 633 g/mol. The molecule has 0 radical (unpaired) electrons. The van der Waals surface area contributed by atoms with Crippen LogP contribution in [0, 0.1) is 12.8 Å². The molecule has 1 saturated heterocycles. The van der Waals surface area contributed by atoms with Gasteiger partial charge in [-0.05, 0) is 49.7 Å². The van der Waals surface area contributed by atoms with Gasteiger partial charge < -0.3 is 10.1 Å². The first-order valence-corrected chi connectivity index (χ1v) is 13.9. The summed E-state index contributed by atoms with van der Waals surface area (Å²) >= 11 is 7.50. The third kappa shape index (κ3) is 6.35. The number of alkyl halides is 6. The molecule has 5 rings (SSSR count). The van der Waals surface area contributed by atoms with Crippen LogP contribution < -0.4 is 21.3 Å². The molecule has 224 valence electrons. The van der Waals surface area contributed by atoms with Gasteiger partial charge in [-0.15, -0.1) is 11.3 Å². The summed E-state index contributed by atoms with van der Waals surface area (Å²) in [4.78, 5) is 29.9. The van der Waals surface area contributed by atoms with E-state index in [-0.39, 0.29) is 25.3 Å². The van der Waals surface area contributed by atoms with Gasteiger partial charge in [-0.25, -0.2) is 4.79 Å². The lowest BCUT2D eigenvalue weighted by atomic mass is 9.94. The number of nitrogens with one attached hydrogen (secondary N) is 1. The second-order valence-electron chi connectivity index (χ2n) is 9.95. The maximum Gasteiger partial charge on any atom is 0.406 e. The zero-order valence-electron chi connectivity index (χ0n) is 21.9. The molecule has 0 spiro atoms. The van der Waals surface area contributed by atoms with Crippen LogP contribution in [-0.4, -0.2) is 45.7 Å². The van der Waals surface area contributed by atoms with Gasteiger partial charge in [0.05, 0.1) is 16.8 Å². The zero-order chi connectivity index (χ0) is 30.4. The Labute approximate surface area is 243 Å². The molecule has 4 heterocycles. The molecule has 3 aromatic heterocycles. The van der Waals surface area contributed by atoms with E-state index in [1.165, 1.54) is 6.20 Å². The molecule has 7 nitrogen and oxygen atoms in total. The van der Waals surface area contributed by atoms with E-state index in [2.05, 4.69) is 10.3 Å². The van der Waals surface area contributed by atoms with E-state index in [0.29, 0.717) is 52.5 Å². The summed E-state index contributed by atoms with van der Waals surface area (Å²) in [5, 5.41) is 3.09. The number of pyridine rings is 1. The quantitative estimate of drug-likeness (QED) is 0.273. The minimum Gasteiger partial charge on any atom is -0.489 e. The maximum absolute atomic E-state index is 13.8. The van der Waals surface area contributed by atoms with Gasteiger partial charge in [0.15, 0.2) is 0 Å². The second-order valence-corrected chi connectivity index (χ2v) is 11.5. The first kappa shape index (κ1) is 30.1. The Bertz CT molecular complexity index is 1750. The molecule has 0 saturated carbocycles. The Morgan fingerprint density at radius 3 is 2.60 bits per heavy atom. The normalized spacial score (nSPS) is 18.0. The Hall–Kier alpha value is -3.36. The molecule has 1 aromatic carbocycles. The predicted octanol–water partition coefficient (Wildman–Crippen LogP) is 5.78. The first-order valence-electron chi connectivity index (χ1n) is 12.7. The molecular formula is C27H23ClF6N4O3S. The summed E-state index contributed by atoms with van der Waals surface area (Å²) < 4.78 is 87.8. The number of thiophene rings is 1. The number of aromatic nitrogens is 3. The lowest BCUT2D eigenvalue weighted by Crippen LogP contribution is -2.49. The van der Waals surface area contributed by atoms with Crippen molar-refractivity contribution in [2.24, 2.45) is 5.92 Å². The average Bonchev–Trinajstić information content (AvgIpc) is 3.31. The lowest BCUT2D eigenvalue weighted by Gasteiger charge is -2.34. The molecule has 1 aliphatic rings. The Kier molecular flexibility index (Phi) is 8.16. The highest BCUT2D eigenvalue weighted by Gasteiger charge is 2.47. The van der Waals surface area contributed by atoms with Crippen molar-refractivity contribution in [2.75, 3.05) is 13.1 Å². The van der Waals surface area contributed by atoms with E-state index < -0.39 is 42.2 Å². The third-order valence-corrected chi connectivity index (χ3v) is 8.26. The fourth-order valence-corrected chi connectivity index (χ4v) is 6.39. The number of halogens is 7. The molecule has 2 atom stereocenters. The van der Waals surface area contributed by atoms with Crippen molar-refractivity contribution in [1.82, 2.24) is 19.4 Å². The van der Waals surface area contributed by atoms with Gasteiger partial charge in [0.2, 0.25) is 0 Å². The molecule has 15 heteroatoms. The third-order valence-electron chi connectivity index (χ3n) is 6.90. The van der Waals surface area contributed by atoms with Gasteiger partial charge in [-0.3, -0.25) is 18.9 Å². The molecule has 2 unspecified atom stereocenters. The van der Waals surface area contributed by atoms with Crippen LogP contribution in [0.5, 0.6) is 5.75 Å². The van der Waals surface area contributed by atoms with Crippen molar-refractivity contribution >= 4 is 33.2 Å². The van der Waals surface area contributed by atoms with E-state index in [9.17, 15) is 35.9 Å². The Morgan fingerprint density at radius 1 is 1.12 bits per heavy atom. The molecule has 0 amide bonds. The number of rotatable bonds is 6. The first-order chi connectivity index (χ1) is 19.7. The van der Waals surface area contributed by atoms with E-state index in [1.54, 1.807) is 31.2 Å². The van der Waals surface area contributed by atoms with Crippen LogP contribution in [0.2, 0.25) is 5.02 Å². The van der Waals surface area contributed by atoms with Crippen LogP contribution in [0.15, 0.2) is 52.3 Å². The molecule has 0 bridgehead atoms. The summed E-state index contributed by atoms with van der Waals surface area (Å²) in [6.07, 6.45) is -7.84. The molecule has 1 N–H and O–H groups in total. The largest absolute Gasteiger partial charge is 0.489 e. The second kappa shape index (κ2) is 11.4. The highest BCUT2D eigenvalue weighted by molar-refractivity contribution is 7.19. The fraction of sp³-hybridized carbons (Fsp3) is 0.370. The van der Waals surface area contributed by atoms with Gasteiger partial charge in [-0.1, -0.05) is 11.6 Å². The molecular weight excluding hydrogens is 610 g/mol. The summed E-state index contributed by atoms with van der Waals surface area (Å²) in [5.41, 5.74) is 0.0681. The van der Waals surface area contributed by atoms with E-state index in [0.717, 1.165) is 23.6 Å². The van der Waals surface area contributed by atoms with Crippen molar-refractivity contribution in [3.8, 4) is 16.9 Å². The standard InChI is InChI=1S/C27H23ClF6N4O3S/c1-14-8-15(28)9-18(23(14)41-21-3-5-35-11-19(21)27(32,33)34)17-2-6-36-20-10-16(42-24(17)20)12-38-22(39)4-7-37(25(38)40)13-26(29,30)31/h2,4,6-10,19,21,35H,3,5,11-13H2,1H3. The predicted molar refractivity (Wildman–Crippen MR) is 146 cm³/mol. The van der Waals surface area contributed by atoms with Crippen molar-refractivity contribution < 1.29 is 31.1 Å². The van der Waals surface area contributed by atoms with E-state index in [1.807, 2.05) is 0 Å². The van der Waals surface area contributed by atoms with Gasteiger partial charge in [0, 0.05) is 46.0 Å². The fourth-order valence-electron chi connectivity index (χ4n) is 4.99. The molecule has 1 aliphatic heterocycles. The molecule has 1 fully saturated rings. The van der Waals surface area contributed by atoms with E-state index in [4.69, 9.17) is 16.3 Å². The van der Waals surface area contributed by atoms with Crippen LogP contribution in [0.25, 0.3) is 21.3 Å². The smallest absolute Gasteiger partial charge is 0.406 e. The number of fused-ring (bicyclic) bond motifs is 1. The Balaban J connectivity index is 1.56. The summed E-state index contributed by atoms with van der Waals surface area (Å²) in [5.74, 6) is -1.48. The monoisotopic (exact) mass is 632 g/mol. The highest BCUT2D eigenvalue weighted by Crippen LogP contribution is 2.43. The number of aryl methyl sites for hydroxylation is 1. The number of hydrogen-bond donors (Lipinski definition) is 1. The van der Waals surface area contributed by atoms with Crippen molar-refractivity contribution in [3.05, 3.63) is 79.0 Å². The summed E-state index contributed by atoms with van der Waals surface area (Å²) in [6, 6.07) is 7.31. The topological polar surface area (TPSA) is 78.2 Å². The minimum atomic E-state index is -4.66. The van der Waals surface area contributed by atoms with Crippen LogP contribution in [0.4, 0.5) is 26.3 Å². The maximum atomic E-state index is 13.8. The summed E-state index contributed by atoms with van der Waals surface area (Å²) in [7, 11) is 0. The van der Waals surface area contributed by atoms with Gasteiger partial charge in [0.25, 0.3) is 5.56 Å². The number of benzene rings is 1. The number of nitrogens with zero attached hydrogens (tertiary/aromatic N) is 3. The zero-order valence-corrected chi connectivity index (χ0v) is 23.4. The number of hydrogen-bond acceptors (Lipinski definition) is 6. The van der Waals surface area contributed by atoms with Crippen LogP contribution in [-0.2, 0) is 13.1 Å². The lowest BCUT2D eigenvalue weighted by molar-refractivity contribution is -0.199. The highest BCUT2D eigenvalue weighted by atomic mass is 35.5. The van der Waals surface area contributed by atoms with Crippen molar-refractivity contribution in [3.63, 3.8) is 0 Å². The Morgan fingerprint density at radius 2 is 1.88 bits per heavy atom. The van der Waals surface area contributed by atoms with Gasteiger partial charge in [0.1, 0.15) is 24.3 Å². The number of piperidine rings is 1. The van der Waals surface area contributed by atoms with Gasteiger partial charge >= 0.3 is 18.0 Å². The molecule has 4 aromatic rings. The SMILES string of the molecule is Cc1cc(Cl)cc(-c2ccnc3cc(Cn4c(=O)ccn(CC(F)(F)F)c4=O)sc23)c1OC1CCNCC1C(F)(F)F. The molecule has 0 aliphatic carbocycles. The van der Waals surface area contributed by atoms with Crippen molar-refractivity contribution in [1.29, 1.82) is 0 Å². The van der Waals surface area contributed by atoms with Crippen molar-refractivity contribution in [2.45, 2.75) is 44.9 Å². The summed E-state index contributed by atoms with van der Waals surface area (Å²) in [6.45, 7) is -0.0884. The minimum absolute atomic E-state index is 0.137. The van der Waals surface area contributed by atoms with Crippen LogP contribution in [0.3, 0.4) is 0 Å². The van der Waals surface area contributed by atoms with Gasteiger partial charge in [-0.2, -0.15) is 26.3 Å². The number of ether oxygens (including phenoxy) is 1.